The lowest BCUT2D eigenvalue weighted by atomic mass is 10.0. The van der Waals surface area contributed by atoms with Crippen LogP contribution in [0.5, 0.6) is 0 Å². The van der Waals surface area contributed by atoms with Crippen molar-refractivity contribution in [1.29, 1.82) is 0 Å². The molecule has 35 heavy (non-hydrogen) atoms. The highest BCUT2D eigenvalue weighted by atomic mass is 16.2. The highest BCUT2D eigenvalue weighted by molar-refractivity contribution is 6.21. The summed E-state index contributed by atoms with van der Waals surface area (Å²) in [6, 6.07) is 25.7. The van der Waals surface area contributed by atoms with Gasteiger partial charge in [0.25, 0.3) is 11.8 Å². The van der Waals surface area contributed by atoms with Crippen molar-refractivity contribution < 1.29 is 9.59 Å². The summed E-state index contributed by atoms with van der Waals surface area (Å²) in [5, 5.41) is 3.66. The zero-order valence-electron chi connectivity index (χ0n) is 20.1. The molecule has 6 heteroatoms. The molecule has 0 radical (unpaired) electrons. The van der Waals surface area contributed by atoms with E-state index in [0.29, 0.717) is 36.6 Å². The monoisotopic (exact) mass is 466 g/mol. The number of aromatic nitrogens is 2. The summed E-state index contributed by atoms with van der Waals surface area (Å²) < 4.78 is 2.30. The van der Waals surface area contributed by atoms with E-state index in [1.807, 2.05) is 12.1 Å². The van der Waals surface area contributed by atoms with Crippen molar-refractivity contribution in [2.24, 2.45) is 5.92 Å². The van der Waals surface area contributed by atoms with Gasteiger partial charge in [0.05, 0.1) is 28.2 Å². The third kappa shape index (κ3) is 4.49. The van der Waals surface area contributed by atoms with Crippen LogP contribution in [0.15, 0.2) is 78.9 Å². The number of imidazole rings is 1. The summed E-state index contributed by atoms with van der Waals surface area (Å²) in [7, 11) is 0. The molecule has 1 atom stereocenters. The Morgan fingerprint density at radius 3 is 2.14 bits per heavy atom. The number of carbonyl (C=O) groups is 2. The maximum absolute atomic E-state index is 12.7. The van der Waals surface area contributed by atoms with Gasteiger partial charge < -0.3 is 9.88 Å². The summed E-state index contributed by atoms with van der Waals surface area (Å²) in [5.41, 5.74) is 4.33. The van der Waals surface area contributed by atoms with E-state index in [1.165, 1.54) is 10.5 Å². The molecule has 5 rings (SSSR count). The first-order valence-electron chi connectivity index (χ1n) is 12.2. The molecule has 6 nitrogen and oxygen atoms in total. The zero-order valence-corrected chi connectivity index (χ0v) is 20.1. The van der Waals surface area contributed by atoms with Gasteiger partial charge in [-0.2, -0.15) is 0 Å². The number of hydrogen-bond donors (Lipinski definition) is 1. The quantitative estimate of drug-likeness (QED) is 0.277. The first kappa shape index (κ1) is 23.0. The molecule has 2 amide bonds. The van der Waals surface area contributed by atoms with Crippen molar-refractivity contribution in [3.8, 4) is 0 Å². The Kier molecular flexibility index (Phi) is 6.47. The lowest BCUT2D eigenvalue weighted by Crippen LogP contribution is -2.34. The number of para-hydroxylation sites is 2. The van der Waals surface area contributed by atoms with Crippen LogP contribution < -0.4 is 5.32 Å². The molecule has 3 aromatic carbocycles. The molecule has 1 N–H and O–H groups in total. The maximum Gasteiger partial charge on any atom is 0.261 e. The predicted octanol–water partition coefficient (Wildman–Crippen LogP) is 5.06. The molecule has 1 aliphatic rings. The van der Waals surface area contributed by atoms with E-state index in [9.17, 15) is 9.59 Å². The number of amides is 2. The van der Waals surface area contributed by atoms with Crippen LogP contribution in [0.25, 0.3) is 11.0 Å². The second kappa shape index (κ2) is 9.84. The van der Waals surface area contributed by atoms with Gasteiger partial charge in [0.2, 0.25) is 0 Å². The van der Waals surface area contributed by atoms with Gasteiger partial charge >= 0.3 is 0 Å². The van der Waals surface area contributed by atoms with E-state index in [-0.39, 0.29) is 17.9 Å². The van der Waals surface area contributed by atoms with Crippen molar-refractivity contribution in [2.45, 2.75) is 32.9 Å². The van der Waals surface area contributed by atoms with Crippen LogP contribution in [-0.2, 0) is 6.54 Å². The van der Waals surface area contributed by atoms with Crippen LogP contribution in [0, 0.1) is 5.92 Å². The van der Waals surface area contributed by atoms with E-state index in [2.05, 4.69) is 66.2 Å². The van der Waals surface area contributed by atoms with Crippen LogP contribution in [0.3, 0.4) is 0 Å². The van der Waals surface area contributed by atoms with E-state index in [4.69, 9.17) is 4.98 Å². The van der Waals surface area contributed by atoms with Crippen LogP contribution in [0.1, 0.15) is 58.4 Å². The van der Waals surface area contributed by atoms with Crippen LogP contribution in [-0.4, -0.2) is 39.4 Å². The van der Waals surface area contributed by atoms with Gasteiger partial charge in [-0.25, -0.2) is 4.98 Å². The summed E-state index contributed by atoms with van der Waals surface area (Å²) >= 11 is 0. The number of nitrogens with one attached hydrogen (secondary N) is 1. The average Bonchev–Trinajstić information content (AvgIpc) is 3.35. The van der Waals surface area contributed by atoms with E-state index < -0.39 is 0 Å². The summed E-state index contributed by atoms with van der Waals surface area (Å²) in [6.07, 6.45) is 0.674. The molecule has 0 aliphatic carbocycles. The normalized spacial score (nSPS) is 14.2. The maximum atomic E-state index is 12.7. The molecule has 1 unspecified atom stereocenters. The predicted molar refractivity (Wildman–Crippen MR) is 137 cm³/mol. The lowest BCUT2D eigenvalue weighted by molar-refractivity contribution is 0.0652. The first-order valence-corrected chi connectivity index (χ1v) is 12.2. The summed E-state index contributed by atoms with van der Waals surface area (Å²) in [4.78, 5) is 31.7. The van der Waals surface area contributed by atoms with Crippen molar-refractivity contribution in [2.75, 3.05) is 13.1 Å². The van der Waals surface area contributed by atoms with Crippen LogP contribution in [0.4, 0.5) is 0 Å². The molecule has 0 bridgehead atoms. The highest BCUT2D eigenvalue weighted by Crippen LogP contribution is 2.27. The largest absolute Gasteiger partial charge is 0.322 e. The number of nitrogens with zero attached hydrogens (tertiary/aromatic N) is 3. The number of carbonyl (C=O) groups excluding carboxylic acids is 2. The molecule has 0 fully saturated rings. The molecule has 0 saturated heterocycles. The Morgan fingerprint density at radius 1 is 0.829 bits per heavy atom. The zero-order chi connectivity index (χ0) is 24.4. The fourth-order valence-electron chi connectivity index (χ4n) is 4.83. The third-order valence-electron chi connectivity index (χ3n) is 6.61. The topological polar surface area (TPSA) is 67.2 Å². The van der Waals surface area contributed by atoms with Gasteiger partial charge in [-0.05, 0) is 48.7 Å². The molecule has 4 aromatic rings. The second-order valence-electron chi connectivity index (χ2n) is 9.37. The number of imide groups is 1. The SMILES string of the molecule is CC(C)C(NCCCN1C(=O)c2ccccc2C1=O)c1nc2ccccc2n1Cc1ccccc1. The Morgan fingerprint density at radius 2 is 1.46 bits per heavy atom. The molecule has 2 heterocycles. The molecule has 1 aliphatic heterocycles. The Hall–Kier alpha value is -3.77. The molecule has 178 valence electrons. The van der Waals surface area contributed by atoms with E-state index in [0.717, 1.165) is 23.4 Å². The standard InChI is InChI=1S/C29H30N4O2/c1-20(2)26(30-17-10-18-32-28(34)22-13-6-7-14-23(22)29(32)35)27-31-24-15-8-9-16-25(24)33(27)19-21-11-4-3-5-12-21/h3-9,11-16,20,26,30H,10,17-19H2,1-2H3. The van der Waals surface area contributed by atoms with E-state index >= 15 is 0 Å². The van der Waals surface area contributed by atoms with Crippen molar-refractivity contribution in [3.63, 3.8) is 0 Å². The Balaban J connectivity index is 1.32. The number of benzene rings is 3. The number of hydrogen-bond acceptors (Lipinski definition) is 4. The molecular formula is C29H30N4O2. The van der Waals surface area contributed by atoms with Crippen molar-refractivity contribution in [1.82, 2.24) is 19.8 Å². The van der Waals surface area contributed by atoms with E-state index in [1.54, 1.807) is 24.3 Å². The third-order valence-corrected chi connectivity index (χ3v) is 6.61. The molecular weight excluding hydrogens is 436 g/mol. The van der Waals surface area contributed by atoms with Crippen LogP contribution in [0.2, 0.25) is 0 Å². The lowest BCUT2D eigenvalue weighted by Gasteiger charge is -2.24. The smallest absolute Gasteiger partial charge is 0.261 e. The van der Waals surface area contributed by atoms with Gasteiger partial charge in [0.1, 0.15) is 5.82 Å². The summed E-state index contributed by atoms with van der Waals surface area (Å²) in [6.45, 7) is 6.19. The van der Waals surface area contributed by atoms with Gasteiger partial charge in [0, 0.05) is 13.1 Å². The number of fused-ring (bicyclic) bond motifs is 2. The minimum atomic E-state index is -0.198. The fourth-order valence-corrected chi connectivity index (χ4v) is 4.83. The second-order valence-corrected chi connectivity index (χ2v) is 9.37. The highest BCUT2D eigenvalue weighted by Gasteiger charge is 2.34. The fraction of sp³-hybridized carbons (Fsp3) is 0.276. The average molecular weight is 467 g/mol. The van der Waals surface area contributed by atoms with Crippen molar-refractivity contribution in [3.05, 3.63) is 101 Å². The number of rotatable bonds is 9. The minimum Gasteiger partial charge on any atom is -0.322 e. The minimum absolute atomic E-state index is 0.0355. The molecule has 1 aromatic heterocycles. The molecule has 0 spiro atoms. The first-order chi connectivity index (χ1) is 17.0. The van der Waals surface area contributed by atoms with Crippen LogP contribution >= 0.6 is 0 Å². The van der Waals surface area contributed by atoms with Gasteiger partial charge in [-0.15, -0.1) is 0 Å². The molecule has 0 saturated carbocycles. The summed E-state index contributed by atoms with van der Waals surface area (Å²) in [5.74, 6) is 0.915. The Bertz CT molecular complexity index is 1320. The Labute approximate surface area is 205 Å². The van der Waals surface area contributed by atoms with Crippen molar-refractivity contribution >= 4 is 22.8 Å². The van der Waals surface area contributed by atoms with Gasteiger partial charge in [-0.3, -0.25) is 14.5 Å². The van der Waals surface area contributed by atoms with Gasteiger partial charge in [-0.1, -0.05) is 68.4 Å². The van der Waals surface area contributed by atoms with Gasteiger partial charge in [0.15, 0.2) is 0 Å².